The van der Waals surface area contributed by atoms with Gasteiger partial charge in [-0.3, -0.25) is 4.57 Å². The molecule has 3 aliphatic heterocycles. The Morgan fingerprint density at radius 1 is 1.00 bits per heavy atom. The average molecular weight is 483 g/mol. The maximum Gasteiger partial charge on any atom is 0.220 e. The molecule has 1 spiro atoms. The molecule has 178 valence electrons. The average Bonchev–Trinajstić information content (AvgIpc) is 3.49. The van der Waals surface area contributed by atoms with Crippen molar-refractivity contribution in [2.45, 2.75) is 12.0 Å². The number of hydrogen-bond donors (Lipinski definition) is 1. The fourth-order valence-corrected chi connectivity index (χ4v) is 5.23. The zero-order valence-corrected chi connectivity index (χ0v) is 18.9. The van der Waals surface area contributed by atoms with Crippen LogP contribution < -0.4 is 10.5 Å². The fraction of sp³-hybridized carbons (Fsp3) is 0.148. The van der Waals surface area contributed by atoms with Crippen LogP contribution in [0, 0.1) is 11.8 Å². The molecule has 7 nitrogen and oxygen atoms in total. The van der Waals surface area contributed by atoms with E-state index in [1.807, 2.05) is 12.1 Å². The molecule has 0 unspecified atom stereocenters. The largest absolute Gasteiger partial charge is 0.453 e. The normalized spacial score (nSPS) is 19.7. The Bertz CT molecular complexity index is 1630. The van der Waals surface area contributed by atoms with E-state index in [9.17, 15) is 4.39 Å². The van der Waals surface area contributed by atoms with Gasteiger partial charge in [0.25, 0.3) is 0 Å². The fourth-order valence-electron chi connectivity index (χ4n) is 5.23. The van der Waals surface area contributed by atoms with Crippen molar-refractivity contribution in [3.8, 4) is 22.6 Å². The second-order valence-electron chi connectivity index (χ2n) is 8.86. The van der Waals surface area contributed by atoms with Gasteiger partial charge in [-0.1, -0.05) is 12.1 Å². The number of halogens is 2. The molecule has 0 fully saturated rings. The molecular weight excluding hydrogens is 464 g/mol. The van der Waals surface area contributed by atoms with Crippen molar-refractivity contribution in [2.24, 2.45) is 10.7 Å². The molecule has 0 saturated heterocycles. The molecule has 2 aromatic carbocycles. The summed E-state index contributed by atoms with van der Waals surface area (Å²) in [6, 6.07) is 11.8. The number of imidazole rings is 1. The van der Waals surface area contributed by atoms with Gasteiger partial charge in [-0.25, -0.2) is 19.4 Å². The highest BCUT2D eigenvalue weighted by Gasteiger charge is 2.51. The molecule has 1 atom stereocenters. The van der Waals surface area contributed by atoms with Crippen molar-refractivity contribution in [1.29, 1.82) is 0 Å². The second-order valence-corrected chi connectivity index (χ2v) is 8.86. The maximum atomic E-state index is 15.7. The van der Waals surface area contributed by atoms with E-state index in [4.69, 9.17) is 20.2 Å². The Hall–Kier alpha value is -4.37. The van der Waals surface area contributed by atoms with Gasteiger partial charge in [0.2, 0.25) is 11.9 Å². The van der Waals surface area contributed by atoms with Crippen LogP contribution in [0.3, 0.4) is 0 Å². The summed E-state index contributed by atoms with van der Waals surface area (Å²) in [7, 11) is 0. The molecule has 7 rings (SSSR count). The molecule has 0 aliphatic carbocycles. The predicted octanol–water partition coefficient (Wildman–Crippen LogP) is 4.60. The van der Waals surface area contributed by atoms with E-state index in [1.54, 1.807) is 47.3 Å². The third-order valence-electron chi connectivity index (χ3n) is 6.86. The number of aromatic nitrogens is 3. The highest BCUT2D eigenvalue weighted by atomic mass is 19.1. The van der Waals surface area contributed by atoms with Crippen molar-refractivity contribution in [2.75, 3.05) is 13.2 Å². The lowest BCUT2D eigenvalue weighted by Gasteiger charge is -2.35. The van der Waals surface area contributed by atoms with E-state index in [0.29, 0.717) is 52.6 Å². The Morgan fingerprint density at radius 2 is 1.89 bits per heavy atom. The predicted molar refractivity (Wildman–Crippen MR) is 129 cm³/mol. The first kappa shape index (κ1) is 21.0. The maximum absolute atomic E-state index is 15.7. The summed E-state index contributed by atoms with van der Waals surface area (Å²) < 4.78 is 43.6. The Morgan fingerprint density at radius 3 is 2.72 bits per heavy atom. The number of aliphatic imine (C=N–C) groups is 1. The SMILES string of the molecule is NC1=N[C@@]2(c3cc(-c4cccnc4F)ccc3Oc3c(F)cc(C4=CCCOC4)cc32)c2nccn21. The van der Waals surface area contributed by atoms with E-state index < -0.39 is 17.3 Å². The van der Waals surface area contributed by atoms with Gasteiger partial charge in [0.15, 0.2) is 22.9 Å². The monoisotopic (exact) mass is 483 g/mol. The highest BCUT2D eigenvalue weighted by molar-refractivity contribution is 5.87. The van der Waals surface area contributed by atoms with Crippen LogP contribution in [0.5, 0.6) is 11.5 Å². The van der Waals surface area contributed by atoms with Gasteiger partial charge in [-0.05, 0) is 59.5 Å². The molecule has 5 heterocycles. The molecule has 2 aromatic heterocycles. The van der Waals surface area contributed by atoms with Crippen molar-refractivity contribution in [3.05, 3.63) is 101 Å². The molecule has 36 heavy (non-hydrogen) atoms. The summed E-state index contributed by atoms with van der Waals surface area (Å²) in [5.74, 6) is 0.0231. The van der Waals surface area contributed by atoms with Gasteiger partial charge in [-0.2, -0.15) is 4.39 Å². The highest BCUT2D eigenvalue weighted by Crippen LogP contribution is 2.55. The number of ether oxygens (including phenoxy) is 2. The lowest BCUT2D eigenvalue weighted by molar-refractivity contribution is 0.164. The number of benzene rings is 2. The lowest BCUT2D eigenvalue weighted by atomic mass is 9.78. The third kappa shape index (κ3) is 2.83. The first-order chi connectivity index (χ1) is 17.6. The van der Waals surface area contributed by atoms with Crippen LogP contribution in [0.1, 0.15) is 28.9 Å². The van der Waals surface area contributed by atoms with Gasteiger partial charge in [0, 0.05) is 35.3 Å². The molecule has 0 radical (unpaired) electrons. The van der Waals surface area contributed by atoms with Gasteiger partial charge in [0.1, 0.15) is 5.75 Å². The zero-order chi connectivity index (χ0) is 24.4. The van der Waals surface area contributed by atoms with Crippen molar-refractivity contribution < 1.29 is 18.3 Å². The Kier molecular flexibility index (Phi) is 4.40. The summed E-state index contributed by atoms with van der Waals surface area (Å²) in [6.45, 7) is 1.01. The first-order valence-corrected chi connectivity index (χ1v) is 11.5. The molecule has 3 aliphatic rings. The minimum absolute atomic E-state index is 0.0527. The van der Waals surface area contributed by atoms with Crippen molar-refractivity contribution in [1.82, 2.24) is 14.5 Å². The third-order valence-corrected chi connectivity index (χ3v) is 6.86. The molecule has 9 heteroatoms. The van der Waals surface area contributed by atoms with Gasteiger partial charge in [0.05, 0.1) is 13.2 Å². The van der Waals surface area contributed by atoms with E-state index in [1.165, 1.54) is 12.3 Å². The van der Waals surface area contributed by atoms with Crippen LogP contribution in [0.4, 0.5) is 8.78 Å². The first-order valence-electron chi connectivity index (χ1n) is 11.5. The van der Waals surface area contributed by atoms with Crippen LogP contribution in [-0.2, 0) is 10.3 Å². The summed E-state index contributed by atoms with van der Waals surface area (Å²) in [5.41, 5.74) is 8.54. The minimum atomic E-state index is -1.29. The van der Waals surface area contributed by atoms with Crippen LogP contribution in [-0.4, -0.2) is 33.7 Å². The van der Waals surface area contributed by atoms with Gasteiger partial charge < -0.3 is 15.2 Å². The lowest BCUT2D eigenvalue weighted by Crippen LogP contribution is -2.31. The standard InChI is InChI=1S/C27H19F2N5O2/c28-21-13-17(16-3-2-10-35-14-16)12-20-23(21)36-22-6-5-15(18-4-1-7-31-24(18)29)11-19(22)27(20)25-32-8-9-34(25)26(30)33-27/h1,3-9,11-13H,2,10,14H2,(H2,30,33)/t27-/m1/s1. The van der Waals surface area contributed by atoms with Crippen LogP contribution in [0.25, 0.3) is 16.7 Å². The molecule has 4 aromatic rings. The molecule has 0 bridgehead atoms. The number of rotatable bonds is 2. The van der Waals surface area contributed by atoms with E-state index >= 15 is 4.39 Å². The molecular formula is C27H19F2N5O2. The van der Waals surface area contributed by atoms with Gasteiger partial charge >= 0.3 is 0 Å². The molecule has 0 saturated carbocycles. The summed E-state index contributed by atoms with van der Waals surface area (Å²) in [4.78, 5) is 13.2. The van der Waals surface area contributed by atoms with E-state index in [-0.39, 0.29) is 11.7 Å². The number of fused-ring (bicyclic) bond motifs is 6. The minimum Gasteiger partial charge on any atom is -0.453 e. The quantitative estimate of drug-likeness (QED) is 0.421. The summed E-state index contributed by atoms with van der Waals surface area (Å²) in [6.07, 6.45) is 7.51. The van der Waals surface area contributed by atoms with Crippen molar-refractivity contribution >= 4 is 11.5 Å². The number of hydrogen-bond acceptors (Lipinski definition) is 6. The van der Waals surface area contributed by atoms with Crippen LogP contribution in [0.15, 0.2) is 72.1 Å². The number of nitrogens with two attached hydrogens (primary N) is 1. The van der Waals surface area contributed by atoms with Gasteiger partial charge in [-0.15, -0.1) is 0 Å². The van der Waals surface area contributed by atoms with Crippen molar-refractivity contribution in [3.63, 3.8) is 0 Å². The smallest absolute Gasteiger partial charge is 0.220 e. The molecule has 2 N–H and O–H groups in total. The zero-order valence-electron chi connectivity index (χ0n) is 18.9. The molecule has 0 amide bonds. The number of pyridine rings is 1. The Labute approximate surface area is 204 Å². The topological polar surface area (TPSA) is 87.6 Å². The van der Waals surface area contributed by atoms with Crippen LogP contribution in [0.2, 0.25) is 0 Å². The second kappa shape index (κ2) is 7.56. The summed E-state index contributed by atoms with van der Waals surface area (Å²) >= 11 is 0. The number of nitrogens with zero attached hydrogens (tertiary/aromatic N) is 4. The van der Waals surface area contributed by atoms with Crippen LogP contribution >= 0.6 is 0 Å². The van der Waals surface area contributed by atoms with E-state index in [2.05, 4.69) is 9.97 Å². The van der Waals surface area contributed by atoms with E-state index in [0.717, 1.165) is 12.0 Å². The Balaban J connectivity index is 1.53. The summed E-state index contributed by atoms with van der Waals surface area (Å²) in [5, 5.41) is 0.